The van der Waals surface area contributed by atoms with Crippen LogP contribution in [0.3, 0.4) is 0 Å². The maximum Gasteiger partial charge on any atom is 0.229 e. The van der Waals surface area contributed by atoms with E-state index >= 15 is 0 Å². The van der Waals surface area contributed by atoms with Crippen LogP contribution >= 0.6 is 23.2 Å². The predicted octanol–water partition coefficient (Wildman–Crippen LogP) is 4.19. The zero-order valence-corrected chi connectivity index (χ0v) is 15.5. The maximum atomic E-state index is 12.5. The quantitative estimate of drug-likeness (QED) is 0.795. The molecular weight excluding hydrogens is 375 g/mol. The van der Waals surface area contributed by atoms with Gasteiger partial charge in [-0.15, -0.1) is 0 Å². The van der Waals surface area contributed by atoms with Crippen molar-refractivity contribution in [2.24, 2.45) is 5.92 Å². The first-order chi connectivity index (χ1) is 12.3. The first kappa shape index (κ1) is 18.4. The van der Waals surface area contributed by atoms with Crippen LogP contribution in [-0.2, 0) is 9.59 Å². The molecule has 2 amide bonds. The van der Waals surface area contributed by atoms with Crippen LogP contribution in [-0.4, -0.2) is 24.1 Å². The highest BCUT2D eigenvalue weighted by Gasteiger charge is 2.35. The molecule has 2 aromatic rings. The van der Waals surface area contributed by atoms with E-state index in [9.17, 15) is 14.4 Å². The summed E-state index contributed by atoms with van der Waals surface area (Å²) in [6, 6.07) is 11.6. The molecule has 1 aliphatic heterocycles. The Balaban J connectivity index is 1.71. The second kappa shape index (κ2) is 7.48. The van der Waals surface area contributed by atoms with Crippen LogP contribution in [0.1, 0.15) is 23.7 Å². The molecule has 2 aromatic carbocycles. The van der Waals surface area contributed by atoms with Gasteiger partial charge < -0.3 is 10.2 Å². The summed E-state index contributed by atoms with van der Waals surface area (Å²) >= 11 is 11.9. The van der Waals surface area contributed by atoms with E-state index in [2.05, 4.69) is 5.32 Å². The lowest BCUT2D eigenvalue weighted by Gasteiger charge is -2.17. The second-order valence-electron chi connectivity index (χ2n) is 6.13. The fourth-order valence-corrected chi connectivity index (χ4v) is 3.14. The molecule has 3 rings (SSSR count). The van der Waals surface area contributed by atoms with Crippen LogP contribution in [0.25, 0.3) is 0 Å². The zero-order chi connectivity index (χ0) is 18.8. The van der Waals surface area contributed by atoms with E-state index in [0.717, 1.165) is 0 Å². The zero-order valence-electron chi connectivity index (χ0n) is 14.0. The van der Waals surface area contributed by atoms with Crippen molar-refractivity contribution in [2.45, 2.75) is 13.3 Å². The number of nitrogens with zero attached hydrogens (tertiary/aromatic N) is 1. The monoisotopic (exact) mass is 390 g/mol. The third kappa shape index (κ3) is 3.89. The maximum absolute atomic E-state index is 12.5. The van der Waals surface area contributed by atoms with Gasteiger partial charge in [-0.3, -0.25) is 14.4 Å². The third-order valence-electron chi connectivity index (χ3n) is 4.25. The van der Waals surface area contributed by atoms with Crippen LogP contribution in [0.5, 0.6) is 0 Å². The van der Waals surface area contributed by atoms with Crippen molar-refractivity contribution in [1.29, 1.82) is 0 Å². The normalized spacial score (nSPS) is 16.7. The van der Waals surface area contributed by atoms with Crippen molar-refractivity contribution in [2.75, 3.05) is 16.8 Å². The van der Waals surface area contributed by atoms with Crippen molar-refractivity contribution >= 4 is 52.2 Å². The number of hydrogen-bond donors (Lipinski definition) is 1. The molecule has 0 saturated carbocycles. The van der Waals surface area contributed by atoms with Crippen LogP contribution in [0.4, 0.5) is 11.4 Å². The molecule has 1 atom stereocenters. The van der Waals surface area contributed by atoms with Crippen molar-refractivity contribution in [1.82, 2.24) is 0 Å². The number of carbonyl (C=O) groups is 3. The van der Waals surface area contributed by atoms with Crippen molar-refractivity contribution in [3.05, 3.63) is 58.1 Å². The molecule has 1 fully saturated rings. The molecule has 1 N–H and O–H groups in total. The summed E-state index contributed by atoms with van der Waals surface area (Å²) in [5, 5.41) is 3.53. The molecule has 1 saturated heterocycles. The lowest BCUT2D eigenvalue weighted by Crippen LogP contribution is -2.28. The van der Waals surface area contributed by atoms with Gasteiger partial charge in [0.25, 0.3) is 0 Å². The molecule has 7 heteroatoms. The predicted molar refractivity (Wildman–Crippen MR) is 102 cm³/mol. The number of ketones is 1. The fourth-order valence-electron chi connectivity index (χ4n) is 2.85. The van der Waals surface area contributed by atoms with Gasteiger partial charge in [-0.1, -0.05) is 35.3 Å². The highest BCUT2D eigenvalue weighted by atomic mass is 35.5. The number of anilines is 2. The summed E-state index contributed by atoms with van der Waals surface area (Å²) in [6.07, 6.45) is 0.110. The average molecular weight is 391 g/mol. The van der Waals surface area contributed by atoms with Gasteiger partial charge in [0.05, 0.1) is 16.0 Å². The Bertz CT molecular complexity index is 898. The van der Waals surface area contributed by atoms with E-state index in [0.29, 0.717) is 27.0 Å². The Morgan fingerprint density at radius 1 is 1.12 bits per heavy atom. The minimum atomic E-state index is -0.488. The molecule has 0 radical (unpaired) electrons. The van der Waals surface area contributed by atoms with E-state index in [-0.39, 0.29) is 30.6 Å². The minimum absolute atomic E-state index is 0.0806. The van der Waals surface area contributed by atoms with Crippen LogP contribution in [0.2, 0.25) is 10.0 Å². The van der Waals surface area contributed by atoms with Crippen molar-refractivity contribution in [3.8, 4) is 0 Å². The number of carbonyl (C=O) groups excluding carboxylic acids is 3. The summed E-state index contributed by atoms with van der Waals surface area (Å²) in [6.45, 7) is 1.72. The van der Waals surface area contributed by atoms with Gasteiger partial charge in [0.15, 0.2) is 5.78 Å². The van der Waals surface area contributed by atoms with Crippen LogP contribution in [0, 0.1) is 5.92 Å². The summed E-state index contributed by atoms with van der Waals surface area (Å²) in [4.78, 5) is 37.8. The summed E-state index contributed by atoms with van der Waals surface area (Å²) < 4.78 is 0. The fraction of sp³-hybridized carbons (Fsp3) is 0.211. The molecule has 1 unspecified atom stereocenters. The van der Waals surface area contributed by atoms with Gasteiger partial charge in [0.2, 0.25) is 11.8 Å². The first-order valence-electron chi connectivity index (χ1n) is 8.02. The Labute approximate surface area is 160 Å². The molecule has 0 spiro atoms. The SMILES string of the molecule is CC(=O)c1cccc(NC(=O)C2CC(=O)N(c3ccc(Cl)c(Cl)c3)C2)c1. The summed E-state index contributed by atoms with van der Waals surface area (Å²) in [5.74, 6) is -0.983. The number of Topliss-reactive ketones (excluding diaryl/α,β-unsaturated/α-hetero) is 1. The van der Waals surface area contributed by atoms with Crippen molar-refractivity contribution in [3.63, 3.8) is 0 Å². The highest BCUT2D eigenvalue weighted by molar-refractivity contribution is 6.42. The molecule has 134 valence electrons. The highest BCUT2D eigenvalue weighted by Crippen LogP contribution is 2.31. The van der Waals surface area contributed by atoms with E-state index in [1.54, 1.807) is 42.5 Å². The Hall–Kier alpha value is -2.37. The molecule has 0 aliphatic carbocycles. The number of hydrogen-bond acceptors (Lipinski definition) is 3. The van der Waals surface area contributed by atoms with Crippen LogP contribution in [0.15, 0.2) is 42.5 Å². The Morgan fingerprint density at radius 2 is 1.88 bits per heavy atom. The number of rotatable bonds is 4. The Morgan fingerprint density at radius 3 is 2.58 bits per heavy atom. The summed E-state index contributed by atoms with van der Waals surface area (Å²) in [7, 11) is 0. The lowest BCUT2D eigenvalue weighted by atomic mass is 10.1. The number of benzene rings is 2. The van der Waals surface area contributed by atoms with Gasteiger partial charge in [-0.2, -0.15) is 0 Å². The van der Waals surface area contributed by atoms with Crippen LogP contribution < -0.4 is 10.2 Å². The third-order valence-corrected chi connectivity index (χ3v) is 4.99. The molecule has 0 bridgehead atoms. The van der Waals surface area contributed by atoms with Gasteiger partial charge in [0, 0.05) is 29.9 Å². The molecule has 1 heterocycles. The largest absolute Gasteiger partial charge is 0.326 e. The molecule has 26 heavy (non-hydrogen) atoms. The lowest BCUT2D eigenvalue weighted by molar-refractivity contribution is -0.122. The molecule has 0 aromatic heterocycles. The molecular formula is C19H16Cl2N2O3. The molecule has 5 nitrogen and oxygen atoms in total. The standard InChI is InChI=1S/C19H16Cl2N2O3/c1-11(24)12-3-2-4-14(7-12)22-19(26)13-8-18(25)23(10-13)15-5-6-16(20)17(21)9-15/h2-7,9,13H,8,10H2,1H3,(H,22,26). The van der Waals surface area contributed by atoms with E-state index in [1.807, 2.05) is 0 Å². The second-order valence-corrected chi connectivity index (χ2v) is 6.94. The average Bonchev–Trinajstić information content (AvgIpc) is 2.99. The summed E-state index contributed by atoms with van der Waals surface area (Å²) in [5.41, 5.74) is 1.66. The van der Waals surface area contributed by atoms with Gasteiger partial charge in [-0.25, -0.2) is 0 Å². The van der Waals surface area contributed by atoms with Gasteiger partial charge in [-0.05, 0) is 37.3 Å². The number of nitrogens with one attached hydrogen (secondary N) is 1. The Kier molecular flexibility index (Phi) is 5.30. The van der Waals surface area contributed by atoms with E-state index in [1.165, 1.54) is 11.8 Å². The van der Waals surface area contributed by atoms with E-state index in [4.69, 9.17) is 23.2 Å². The topological polar surface area (TPSA) is 66.5 Å². The minimum Gasteiger partial charge on any atom is -0.326 e. The smallest absolute Gasteiger partial charge is 0.229 e. The van der Waals surface area contributed by atoms with E-state index < -0.39 is 5.92 Å². The first-order valence-corrected chi connectivity index (χ1v) is 8.78. The van der Waals surface area contributed by atoms with Gasteiger partial charge >= 0.3 is 0 Å². The number of halogens is 2. The number of amides is 2. The van der Waals surface area contributed by atoms with Gasteiger partial charge in [0.1, 0.15) is 0 Å². The van der Waals surface area contributed by atoms with Crippen molar-refractivity contribution < 1.29 is 14.4 Å². The molecule has 1 aliphatic rings.